The molecule has 1 aliphatic rings. The Morgan fingerprint density at radius 3 is 2.81 bits per heavy atom. The number of benzene rings is 1. The highest BCUT2D eigenvalue weighted by Gasteiger charge is 2.30. The third-order valence-corrected chi connectivity index (χ3v) is 5.17. The lowest BCUT2D eigenvalue weighted by Crippen LogP contribution is -2.45. The number of thioether (sulfide) groups is 1. The van der Waals surface area contributed by atoms with Crippen molar-refractivity contribution in [2.75, 3.05) is 18.1 Å². The summed E-state index contributed by atoms with van der Waals surface area (Å²) < 4.78 is 1.89. The molecule has 0 bridgehead atoms. The maximum Gasteiger partial charge on any atom is 0.268 e. The zero-order chi connectivity index (χ0) is 14.9. The maximum atomic E-state index is 12.4. The molecule has 21 heavy (non-hydrogen) atoms. The number of para-hydroxylation sites is 1. The lowest BCUT2D eigenvalue weighted by Gasteiger charge is -2.31. The Kier molecular flexibility index (Phi) is 3.95. The van der Waals surface area contributed by atoms with Crippen molar-refractivity contribution in [1.29, 1.82) is 0 Å². The summed E-state index contributed by atoms with van der Waals surface area (Å²) in [6.45, 7) is 0.327. The van der Waals surface area contributed by atoms with Crippen molar-refractivity contribution in [1.82, 2.24) is 9.88 Å². The molecule has 0 unspecified atom stereocenters. The van der Waals surface area contributed by atoms with Crippen molar-refractivity contribution in [3.63, 3.8) is 0 Å². The van der Waals surface area contributed by atoms with Crippen molar-refractivity contribution in [3.05, 3.63) is 36.0 Å². The van der Waals surface area contributed by atoms with E-state index in [-0.39, 0.29) is 5.91 Å². The fourth-order valence-corrected chi connectivity index (χ4v) is 4.02. The lowest BCUT2D eigenvalue weighted by atomic mass is 9.97. The summed E-state index contributed by atoms with van der Waals surface area (Å²) in [5.41, 5.74) is 0.923. The van der Waals surface area contributed by atoms with Gasteiger partial charge in [0, 0.05) is 24.5 Å². The molecule has 0 radical (unpaired) electrons. The monoisotopic (exact) mass is 304 g/mol. The van der Waals surface area contributed by atoms with E-state index in [1.165, 1.54) is 0 Å². The quantitative estimate of drug-likeness (QED) is 0.914. The summed E-state index contributed by atoms with van der Waals surface area (Å²) in [4.78, 5) is 12.4. The number of carbonyl (C=O) groups excluding carboxylic acids is 1. The average molecular weight is 304 g/mol. The van der Waals surface area contributed by atoms with E-state index in [0.29, 0.717) is 12.2 Å². The average Bonchev–Trinajstić information content (AvgIpc) is 2.84. The van der Waals surface area contributed by atoms with Crippen LogP contribution in [0.1, 0.15) is 23.3 Å². The first kappa shape index (κ1) is 14.5. The van der Waals surface area contributed by atoms with Crippen LogP contribution in [0.3, 0.4) is 0 Å². The van der Waals surface area contributed by atoms with E-state index in [9.17, 15) is 9.90 Å². The van der Waals surface area contributed by atoms with E-state index in [1.54, 1.807) is 0 Å². The van der Waals surface area contributed by atoms with Gasteiger partial charge in [0.05, 0.1) is 5.60 Å². The van der Waals surface area contributed by atoms with Gasteiger partial charge in [0.1, 0.15) is 5.69 Å². The Labute approximate surface area is 128 Å². The minimum absolute atomic E-state index is 0.125. The van der Waals surface area contributed by atoms with Crippen LogP contribution in [0.4, 0.5) is 0 Å². The molecule has 0 aliphatic carbocycles. The van der Waals surface area contributed by atoms with Crippen molar-refractivity contribution in [2.24, 2.45) is 7.05 Å². The molecule has 1 aromatic carbocycles. The molecular formula is C16H20N2O2S. The highest BCUT2D eigenvalue weighted by molar-refractivity contribution is 7.99. The number of hydrogen-bond acceptors (Lipinski definition) is 3. The van der Waals surface area contributed by atoms with Crippen LogP contribution in [0, 0.1) is 0 Å². The number of nitrogens with one attached hydrogen (secondary N) is 1. The molecule has 0 atom stereocenters. The van der Waals surface area contributed by atoms with Gasteiger partial charge >= 0.3 is 0 Å². The molecule has 1 saturated heterocycles. The largest absolute Gasteiger partial charge is 0.388 e. The Morgan fingerprint density at radius 1 is 1.38 bits per heavy atom. The Balaban J connectivity index is 1.73. The second-order valence-corrected chi connectivity index (χ2v) is 6.89. The third-order valence-electron chi connectivity index (χ3n) is 4.19. The van der Waals surface area contributed by atoms with Crippen LogP contribution in [-0.4, -0.2) is 39.2 Å². The van der Waals surface area contributed by atoms with Crippen LogP contribution < -0.4 is 5.32 Å². The number of fused-ring (bicyclic) bond motifs is 1. The van der Waals surface area contributed by atoms with Crippen molar-refractivity contribution >= 4 is 28.6 Å². The number of aryl methyl sites for hydroxylation is 1. The van der Waals surface area contributed by atoms with E-state index in [2.05, 4.69) is 5.32 Å². The van der Waals surface area contributed by atoms with E-state index in [0.717, 1.165) is 35.3 Å². The molecule has 1 amide bonds. The highest BCUT2D eigenvalue weighted by atomic mass is 32.2. The van der Waals surface area contributed by atoms with Gasteiger partial charge < -0.3 is 15.0 Å². The summed E-state index contributed by atoms with van der Waals surface area (Å²) in [5.74, 6) is 1.79. The van der Waals surface area contributed by atoms with Gasteiger partial charge in [-0.15, -0.1) is 0 Å². The van der Waals surface area contributed by atoms with Crippen LogP contribution in [0.15, 0.2) is 30.3 Å². The van der Waals surface area contributed by atoms with Gasteiger partial charge in [0.25, 0.3) is 5.91 Å². The van der Waals surface area contributed by atoms with E-state index in [1.807, 2.05) is 53.7 Å². The SMILES string of the molecule is Cn1c(C(=O)NCC2(O)CCSCC2)cc2ccccc21. The number of nitrogens with zero attached hydrogens (tertiary/aromatic N) is 1. The van der Waals surface area contributed by atoms with Crippen LogP contribution in [-0.2, 0) is 7.05 Å². The van der Waals surface area contributed by atoms with Crippen LogP contribution in [0.25, 0.3) is 10.9 Å². The molecule has 0 spiro atoms. The molecule has 1 aromatic heterocycles. The van der Waals surface area contributed by atoms with E-state index >= 15 is 0 Å². The van der Waals surface area contributed by atoms with E-state index in [4.69, 9.17) is 0 Å². The van der Waals surface area contributed by atoms with Gasteiger partial charge in [-0.3, -0.25) is 4.79 Å². The number of aliphatic hydroxyl groups is 1. The number of aromatic nitrogens is 1. The Hall–Kier alpha value is -1.46. The number of rotatable bonds is 3. The van der Waals surface area contributed by atoms with Gasteiger partial charge in [-0.1, -0.05) is 18.2 Å². The van der Waals surface area contributed by atoms with Gasteiger partial charge in [0.2, 0.25) is 0 Å². The minimum Gasteiger partial charge on any atom is -0.388 e. The molecule has 4 nitrogen and oxygen atoms in total. The fourth-order valence-electron chi connectivity index (χ4n) is 2.77. The predicted octanol–water partition coefficient (Wildman–Crippen LogP) is 2.17. The smallest absolute Gasteiger partial charge is 0.268 e. The second-order valence-electron chi connectivity index (χ2n) is 5.67. The van der Waals surface area contributed by atoms with Crippen molar-refractivity contribution < 1.29 is 9.90 Å². The standard InChI is InChI=1S/C16H20N2O2S/c1-18-13-5-3-2-4-12(13)10-14(18)15(19)17-11-16(20)6-8-21-9-7-16/h2-5,10,20H,6-9,11H2,1H3,(H,17,19). The zero-order valence-corrected chi connectivity index (χ0v) is 12.9. The van der Waals surface area contributed by atoms with Gasteiger partial charge in [-0.2, -0.15) is 11.8 Å². The van der Waals surface area contributed by atoms with Gasteiger partial charge in [-0.05, 0) is 36.5 Å². The molecule has 5 heteroatoms. The molecule has 2 heterocycles. The fraction of sp³-hybridized carbons (Fsp3) is 0.438. The topological polar surface area (TPSA) is 54.3 Å². The number of amides is 1. The first-order valence-electron chi connectivity index (χ1n) is 7.22. The normalized spacial score (nSPS) is 17.8. The molecule has 112 valence electrons. The third kappa shape index (κ3) is 2.94. The highest BCUT2D eigenvalue weighted by Crippen LogP contribution is 2.26. The summed E-state index contributed by atoms with van der Waals surface area (Å²) in [5, 5.41) is 14.4. The zero-order valence-electron chi connectivity index (χ0n) is 12.1. The van der Waals surface area contributed by atoms with Crippen molar-refractivity contribution in [3.8, 4) is 0 Å². The van der Waals surface area contributed by atoms with Crippen LogP contribution in [0.2, 0.25) is 0 Å². The maximum absolute atomic E-state index is 12.4. The van der Waals surface area contributed by atoms with E-state index < -0.39 is 5.60 Å². The molecular weight excluding hydrogens is 284 g/mol. The first-order valence-corrected chi connectivity index (χ1v) is 8.37. The minimum atomic E-state index is -0.745. The Morgan fingerprint density at radius 2 is 2.10 bits per heavy atom. The molecule has 1 fully saturated rings. The number of hydrogen-bond donors (Lipinski definition) is 2. The summed E-state index contributed by atoms with van der Waals surface area (Å²) in [7, 11) is 1.89. The predicted molar refractivity (Wildman–Crippen MR) is 86.8 cm³/mol. The lowest BCUT2D eigenvalue weighted by molar-refractivity contribution is 0.0310. The van der Waals surface area contributed by atoms with Crippen LogP contribution in [0.5, 0.6) is 0 Å². The Bertz CT molecular complexity index is 659. The first-order chi connectivity index (χ1) is 10.1. The molecule has 3 rings (SSSR count). The van der Waals surface area contributed by atoms with Crippen LogP contribution >= 0.6 is 11.8 Å². The second kappa shape index (κ2) is 5.73. The summed E-state index contributed by atoms with van der Waals surface area (Å²) in [6, 6.07) is 9.82. The molecule has 1 aliphatic heterocycles. The van der Waals surface area contributed by atoms with Gasteiger partial charge in [-0.25, -0.2) is 0 Å². The summed E-state index contributed by atoms with van der Waals surface area (Å²) >= 11 is 1.86. The summed E-state index contributed by atoms with van der Waals surface area (Å²) in [6.07, 6.45) is 1.49. The number of carbonyl (C=O) groups is 1. The van der Waals surface area contributed by atoms with Crippen molar-refractivity contribution in [2.45, 2.75) is 18.4 Å². The molecule has 2 N–H and O–H groups in total. The molecule has 0 saturated carbocycles. The van der Waals surface area contributed by atoms with Gasteiger partial charge in [0.15, 0.2) is 0 Å². The molecule has 2 aromatic rings.